The Bertz CT molecular complexity index is 636. The van der Waals surface area contributed by atoms with E-state index >= 15 is 0 Å². The Hall–Kier alpha value is -2.23. The SMILES string of the molecule is COc1ccc(C(=O)c2ccc(F)cc2F)cc1C. The summed E-state index contributed by atoms with van der Waals surface area (Å²) < 4.78 is 31.4. The molecule has 2 aromatic rings. The van der Waals surface area contributed by atoms with E-state index in [2.05, 4.69) is 0 Å². The summed E-state index contributed by atoms with van der Waals surface area (Å²) in [6.45, 7) is 1.79. The molecule has 0 radical (unpaired) electrons. The number of hydrogen-bond acceptors (Lipinski definition) is 2. The van der Waals surface area contributed by atoms with Crippen molar-refractivity contribution in [1.29, 1.82) is 0 Å². The lowest BCUT2D eigenvalue weighted by Gasteiger charge is -2.07. The van der Waals surface area contributed by atoms with Crippen LogP contribution in [-0.4, -0.2) is 12.9 Å². The van der Waals surface area contributed by atoms with Gasteiger partial charge < -0.3 is 4.74 Å². The van der Waals surface area contributed by atoms with Crippen LogP contribution in [0.1, 0.15) is 21.5 Å². The molecule has 0 fully saturated rings. The number of hydrogen-bond donors (Lipinski definition) is 0. The Morgan fingerprint density at radius 2 is 1.84 bits per heavy atom. The van der Waals surface area contributed by atoms with Gasteiger partial charge in [0, 0.05) is 11.6 Å². The number of ketones is 1. The fraction of sp³-hybridized carbons (Fsp3) is 0.133. The summed E-state index contributed by atoms with van der Waals surface area (Å²) in [5.41, 5.74) is 0.964. The lowest BCUT2D eigenvalue weighted by Crippen LogP contribution is -2.05. The molecule has 2 aromatic carbocycles. The maximum absolute atomic E-state index is 13.5. The topological polar surface area (TPSA) is 26.3 Å². The average Bonchev–Trinajstić information content (AvgIpc) is 2.38. The summed E-state index contributed by atoms with van der Waals surface area (Å²) in [5.74, 6) is -1.40. The first-order chi connectivity index (χ1) is 9.02. The van der Waals surface area contributed by atoms with Crippen LogP contribution >= 0.6 is 0 Å². The third-order valence-electron chi connectivity index (χ3n) is 2.83. The number of ether oxygens (including phenoxy) is 1. The summed E-state index contributed by atoms with van der Waals surface area (Å²) in [7, 11) is 1.53. The molecule has 0 aromatic heterocycles. The van der Waals surface area contributed by atoms with E-state index in [1.165, 1.54) is 7.11 Å². The predicted molar refractivity (Wildman–Crippen MR) is 67.5 cm³/mol. The molecule has 0 heterocycles. The van der Waals surface area contributed by atoms with Crippen LogP contribution in [0, 0.1) is 18.6 Å². The van der Waals surface area contributed by atoms with Crippen molar-refractivity contribution in [3.05, 3.63) is 64.7 Å². The maximum atomic E-state index is 13.5. The van der Waals surface area contributed by atoms with Crippen molar-refractivity contribution in [3.63, 3.8) is 0 Å². The second-order valence-corrected chi connectivity index (χ2v) is 4.14. The van der Waals surface area contributed by atoms with E-state index in [0.29, 0.717) is 17.4 Å². The Labute approximate surface area is 109 Å². The fourth-order valence-electron chi connectivity index (χ4n) is 1.85. The molecule has 4 heteroatoms. The number of rotatable bonds is 3. The minimum absolute atomic E-state index is 0.147. The molecule has 0 saturated heterocycles. The molecular weight excluding hydrogens is 250 g/mol. The lowest BCUT2D eigenvalue weighted by atomic mass is 10.0. The van der Waals surface area contributed by atoms with Gasteiger partial charge in [-0.15, -0.1) is 0 Å². The van der Waals surface area contributed by atoms with Crippen molar-refractivity contribution < 1.29 is 18.3 Å². The Morgan fingerprint density at radius 1 is 1.11 bits per heavy atom. The first kappa shape index (κ1) is 13.2. The van der Waals surface area contributed by atoms with Gasteiger partial charge >= 0.3 is 0 Å². The molecule has 0 unspecified atom stereocenters. The highest BCUT2D eigenvalue weighted by atomic mass is 19.1. The number of methoxy groups -OCH3 is 1. The summed E-state index contributed by atoms with van der Waals surface area (Å²) in [5, 5.41) is 0. The van der Waals surface area contributed by atoms with Gasteiger partial charge in [0.25, 0.3) is 0 Å². The first-order valence-corrected chi connectivity index (χ1v) is 5.67. The second kappa shape index (κ2) is 5.18. The highest BCUT2D eigenvalue weighted by Crippen LogP contribution is 2.21. The van der Waals surface area contributed by atoms with Crippen molar-refractivity contribution in [1.82, 2.24) is 0 Å². The van der Waals surface area contributed by atoms with Gasteiger partial charge in [-0.25, -0.2) is 8.78 Å². The van der Waals surface area contributed by atoms with Crippen molar-refractivity contribution in [2.24, 2.45) is 0 Å². The Balaban J connectivity index is 2.41. The molecule has 98 valence electrons. The van der Waals surface area contributed by atoms with Crippen LogP contribution in [0.2, 0.25) is 0 Å². The molecule has 0 atom stereocenters. The van der Waals surface area contributed by atoms with Gasteiger partial charge in [0.05, 0.1) is 12.7 Å². The van der Waals surface area contributed by atoms with E-state index in [1.807, 2.05) is 0 Å². The van der Waals surface area contributed by atoms with E-state index < -0.39 is 17.4 Å². The Morgan fingerprint density at radius 3 is 2.42 bits per heavy atom. The van der Waals surface area contributed by atoms with Gasteiger partial charge in [0.2, 0.25) is 0 Å². The minimum atomic E-state index is -0.863. The molecule has 0 aliphatic heterocycles. The third-order valence-corrected chi connectivity index (χ3v) is 2.83. The van der Waals surface area contributed by atoms with E-state index in [9.17, 15) is 13.6 Å². The van der Waals surface area contributed by atoms with Crippen LogP contribution < -0.4 is 4.74 Å². The minimum Gasteiger partial charge on any atom is -0.496 e. The van der Waals surface area contributed by atoms with Gasteiger partial charge in [-0.3, -0.25) is 4.79 Å². The zero-order valence-corrected chi connectivity index (χ0v) is 10.5. The van der Waals surface area contributed by atoms with Crippen LogP contribution in [0.3, 0.4) is 0 Å². The number of halogens is 2. The molecule has 0 aliphatic rings. The maximum Gasteiger partial charge on any atom is 0.195 e. The normalized spacial score (nSPS) is 10.3. The molecule has 0 bridgehead atoms. The largest absolute Gasteiger partial charge is 0.496 e. The molecule has 2 nitrogen and oxygen atoms in total. The van der Waals surface area contributed by atoms with Crippen molar-refractivity contribution in [2.75, 3.05) is 7.11 Å². The quantitative estimate of drug-likeness (QED) is 0.791. The number of aryl methyl sites for hydroxylation is 1. The van der Waals surface area contributed by atoms with Gasteiger partial charge in [0.1, 0.15) is 17.4 Å². The standard InChI is InChI=1S/C15H12F2O2/c1-9-7-10(3-6-14(9)19-2)15(18)12-5-4-11(16)8-13(12)17/h3-8H,1-2H3. The van der Waals surface area contributed by atoms with E-state index in [-0.39, 0.29) is 5.56 Å². The molecule has 19 heavy (non-hydrogen) atoms. The van der Waals surface area contributed by atoms with Crippen LogP contribution in [0.4, 0.5) is 8.78 Å². The van der Waals surface area contributed by atoms with Crippen LogP contribution in [0.15, 0.2) is 36.4 Å². The van der Waals surface area contributed by atoms with E-state index in [4.69, 9.17) is 4.74 Å². The third kappa shape index (κ3) is 2.62. The molecule has 0 aliphatic carbocycles. The van der Waals surface area contributed by atoms with Crippen molar-refractivity contribution >= 4 is 5.78 Å². The zero-order chi connectivity index (χ0) is 14.0. The second-order valence-electron chi connectivity index (χ2n) is 4.14. The average molecular weight is 262 g/mol. The molecule has 0 amide bonds. The number of carbonyl (C=O) groups excluding carboxylic acids is 1. The van der Waals surface area contributed by atoms with Crippen molar-refractivity contribution in [2.45, 2.75) is 6.92 Å². The smallest absolute Gasteiger partial charge is 0.195 e. The molecule has 0 spiro atoms. The van der Waals surface area contributed by atoms with E-state index in [0.717, 1.165) is 17.7 Å². The molecular formula is C15H12F2O2. The monoisotopic (exact) mass is 262 g/mol. The molecule has 0 saturated carbocycles. The lowest BCUT2D eigenvalue weighted by molar-refractivity contribution is 0.103. The molecule has 0 N–H and O–H groups in total. The first-order valence-electron chi connectivity index (χ1n) is 5.67. The highest BCUT2D eigenvalue weighted by Gasteiger charge is 2.15. The molecule has 2 rings (SSSR count). The number of benzene rings is 2. The van der Waals surface area contributed by atoms with Gasteiger partial charge in [-0.2, -0.15) is 0 Å². The van der Waals surface area contributed by atoms with Gasteiger partial charge in [0.15, 0.2) is 5.78 Å². The van der Waals surface area contributed by atoms with Crippen LogP contribution in [0.25, 0.3) is 0 Å². The van der Waals surface area contributed by atoms with Gasteiger partial charge in [-0.05, 0) is 42.8 Å². The summed E-state index contributed by atoms with van der Waals surface area (Å²) >= 11 is 0. The summed E-state index contributed by atoms with van der Waals surface area (Å²) in [4.78, 5) is 12.1. The number of carbonyl (C=O) groups is 1. The Kier molecular flexibility index (Phi) is 3.60. The fourth-order valence-corrected chi connectivity index (χ4v) is 1.85. The van der Waals surface area contributed by atoms with Crippen molar-refractivity contribution in [3.8, 4) is 5.75 Å². The zero-order valence-electron chi connectivity index (χ0n) is 10.5. The van der Waals surface area contributed by atoms with Gasteiger partial charge in [-0.1, -0.05) is 0 Å². The van der Waals surface area contributed by atoms with Crippen LogP contribution in [-0.2, 0) is 0 Å². The van der Waals surface area contributed by atoms with Crippen LogP contribution in [0.5, 0.6) is 5.75 Å². The highest BCUT2D eigenvalue weighted by molar-refractivity contribution is 6.09. The summed E-state index contributed by atoms with van der Waals surface area (Å²) in [6, 6.07) is 7.72. The van der Waals surface area contributed by atoms with E-state index in [1.54, 1.807) is 25.1 Å². The summed E-state index contributed by atoms with van der Waals surface area (Å²) in [6.07, 6.45) is 0. The predicted octanol–water partition coefficient (Wildman–Crippen LogP) is 3.51.